The van der Waals surface area contributed by atoms with E-state index in [1.807, 2.05) is 0 Å². The molecule has 4 saturated carbocycles. The highest BCUT2D eigenvalue weighted by Gasteiger charge is 2.49. The van der Waals surface area contributed by atoms with Gasteiger partial charge in [0.2, 0.25) is 0 Å². The summed E-state index contributed by atoms with van der Waals surface area (Å²) in [5.74, 6) is 6.23. The summed E-state index contributed by atoms with van der Waals surface area (Å²) in [6, 6.07) is 0. The van der Waals surface area contributed by atoms with Crippen LogP contribution in [0.3, 0.4) is 0 Å². The Bertz CT molecular complexity index is 353. The molecule has 0 heterocycles. The Hall–Kier alpha value is -0.370. The summed E-state index contributed by atoms with van der Waals surface area (Å²) in [6.07, 6.45) is 15.0. The van der Waals surface area contributed by atoms with Gasteiger partial charge in [0.25, 0.3) is 0 Å². The van der Waals surface area contributed by atoms with Crippen LogP contribution in [0.4, 0.5) is 0 Å². The molecule has 4 rings (SSSR count). The Morgan fingerprint density at radius 1 is 0.762 bits per heavy atom. The molecule has 1 N–H and O–H groups in total. The van der Waals surface area contributed by atoms with E-state index in [0.717, 1.165) is 54.6 Å². The van der Waals surface area contributed by atoms with Gasteiger partial charge in [0, 0.05) is 0 Å². The highest BCUT2D eigenvalue weighted by molar-refractivity contribution is 5.44. The highest BCUT2D eigenvalue weighted by atomic mass is 16.3. The molecular formula is C19H32O2. The fraction of sp³-hybridized carbons (Fsp3) is 0.947. The maximum absolute atomic E-state index is 9.89. The van der Waals surface area contributed by atoms with Gasteiger partial charge in [-0.05, 0) is 93.8 Å². The summed E-state index contributed by atoms with van der Waals surface area (Å²) in [7, 11) is 0. The SMILES string of the molecule is CC=O.O[C@H]1CCC2[C@H](CCC3[C@H]4CCCC4CC[C@@H]23)C1. The van der Waals surface area contributed by atoms with Crippen molar-refractivity contribution < 1.29 is 9.90 Å². The number of carbonyl (C=O) groups is 1. The topological polar surface area (TPSA) is 37.3 Å². The van der Waals surface area contributed by atoms with Crippen molar-refractivity contribution in [1.82, 2.24) is 0 Å². The lowest BCUT2D eigenvalue weighted by Gasteiger charge is -2.52. The predicted molar refractivity (Wildman–Crippen MR) is 84.9 cm³/mol. The molecule has 0 amide bonds. The van der Waals surface area contributed by atoms with Crippen LogP contribution in [0.25, 0.3) is 0 Å². The van der Waals surface area contributed by atoms with Crippen LogP contribution < -0.4 is 0 Å². The predicted octanol–water partition coefficient (Wildman–Crippen LogP) is 4.21. The average molecular weight is 292 g/mol. The maximum atomic E-state index is 9.89. The molecule has 7 atom stereocenters. The first-order chi connectivity index (χ1) is 10.2. The van der Waals surface area contributed by atoms with E-state index in [1.165, 1.54) is 45.4 Å². The first kappa shape index (κ1) is 15.5. The van der Waals surface area contributed by atoms with Crippen molar-refractivity contribution in [2.45, 2.75) is 77.2 Å². The molecule has 0 saturated heterocycles. The van der Waals surface area contributed by atoms with Gasteiger partial charge in [0.1, 0.15) is 6.29 Å². The van der Waals surface area contributed by atoms with Crippen LogP contribution in [0.5, 0.6) is 0 Å². The summed E-state index contributed by atoms with van der Waals surface area (Å²) in [4.78, 5) is 8.81. The van der Waals surface area contributed by atoms with Crippen molar-refractivity contribution in [1.29, 1.82) is 0 Å². The van der Waals surface area contributed by atoms with Crippen LogP contribution in [0, 0.1) is 35.5 Å². The third kappa shape index (κ3) is 3.06. The molecule has 0 bridgehead atoms. The van der Waals surface area contributed by atoms with Crippen molar-refractivity contribution in [3.63, 3.8) is 0 Å². The number of fused-ring (bicyclic) bond motifs is 5. The zero-order valence-corrected chi connectivity index (χ0v) is 13.5. The number of aliphatic hydroxyl groups is 1. The average Bonchev–Trinajstić information content (AvgIpc) is 2.96. The zero-order chi connectivity index (χ0) is 14.8. The van der Waals surface area contributed by atoms with Crippen LogP contribution in [0.2, 0.25) is 0 Å². The van der Waals surface area contributed by atoms with E-state index in [2.05, 4.69) is 0 Å². The first-order valence-electron chi connectivity index (χ1n) is 9.32. The summed E-state index contributed by atoms with van der Waals surface area (Å²) in [6.45, 7) is 1.44. The summed E-state index contributed by atoms with van der Waals surface area (Å²) >= 11 is 0. The van der Waals surface area contributed by atoms with E-state index >= 15 is 0 Å². The molecule has 0 aromatic carbocycles. The van der Waals surface area contributed by atoms with Crippen LogP contribution in [0.1, 0.15) is 71.1 Å². The van der Waals surface area contributed by atoms with Crippen molar-refractivity contribution >= 4 is 6.29 Å². The van der Waals surface area contributed by atoms with Gasteiger partial charge in [-0.3, -0.25) is 0 Å². The maximum Gasteiger partial charge on any atom is 0.116 e. The van der Waals surface area contributed by atoms with Gasteiger partial charge in [0.15, 0.2) is 0 Å². The molecule has 4 fully saturated rings. The summed E-state index contributed by atoms with van der Waals surface area (Å²) < 4.78 is 0. The Labute approximate surface area is 129 Å². The van der Waals surface area contributed by atoms with E-state index in [9.17, 15) is 5.11 Å². The minimum Gasteiger partial charge on any atom is -0.393 e. The smallest absolute Gasteiger partial charge is 0.116 e. The molecule has 0 spiro atoms. The Morgan fingerprint density at radius 3 is 2.05 bits per heavy atom. The molecule has 0 aliphatic heterocycles. The Balaban J connectivity index is 0.000000409. The second-order valence-corrected chi connectivity index (χ2v) is 7.96. The van der Waals surface area contributed by atoms with E-state index in [-0.39, 0.29) is 6.10 Å². The number of aliphatic hydroxyl groups excluding tert-OH is 1. The molecule has 120 valence electrons. The normalized spacial score (nSPS) is 48.2. The Morgan fingerprint density at radius 2 is 1.33 bits per heavy atom. The van der Waals surface area contributed by atoms with Crippen LogP contribution in [-0.2, 0) is 4.79 Å². The lowest BCUT2D eigenvalue weighted by atomic mass is 9.53. The van der Waals surface area contributed by atoms with E-state index in [1.54, 1.807) is 12.8 Å². The van der Waals surface area contributed by atoms with Crippen molar-refractivity contribution in [2.24, 2.45) is 35.5 Å². The number of hydrogen-bond donors (Lipinski definition) is 1. The third-order valence-electron chi connectivity index (χ3n) is 7.12. The minimum absolute atomic E-state index is 0.0330. The van der Waals surface area contributed by atoms with Gasteiger partial charge < -0.3 is 9.90 Å². The molecule has 3 unspecified atom stereocenters. The summed E-state index contributed by atoms with van der Waals surface area (Å²) in [5.41, 5.74) is 0. The van der Waals surface area contributed by atoms with E-state index in [4.69, 9.17) is 4.79 Å². The number of hydrogen-bond acceptors (Lipinski definition) is 2. The lowest BCUT2D eigenvalue weighted by molar-refractivity contribution is -0.106. The van der Waals surface area contributed by atoms with Gasteiger partial charge in [-0.15, -0.1) is 0 Å². The van der Waals surface area contributed by atoms with Crippen LogP contribution in [-0.4, -0.2) is 17.5 Å². The molecule has 4 aliphatic rings. The second kappa shape index (κ2) is 6.81. The molecule has 0 aromatic heterocycles. The molecule has 21 heavy (non-hydrogen) atoms. The van der Waals surface area contributed by atoms with Gasteiger partial charge in [0.05, 0.1) is 6.10 Å². The van der Waals surface area contributed by atoms with Crippen molar-refractivity contribution in [2.75, 3.05) is 0 Å². The lowest BCUT2D eigenvalue weighted by Crippen LogP contribution is -2.45. The fourth-order valence-electron chi connectivity index (χ4n) is 6.45. The number of rotatable bonds is 0. The van der Waals surface area contributed by atoms with Crippen molar-refractivity contribution in [3.8, 4) is 0 Å². The quantitative estimate of drug-likeness (QED) is 0.679. The van der Waals surface area contributed by atoms with Gasteiger partial charge in [-0.25, -0.2) is 0 Å². The molecule has 2 heteroatoms. The van der Waals surface area contributed by atoms with Crippen LogP contribution in [0.15, 0.2) is 0 Å². The number of carbonyl (C=O) groups excluding carboxylic acids is 1. The zero-order valence-electron chi connectivity index (χ0n) is 13.5. The largest absolute Gasteiger partial charge is 0.393 e. The third-order valence-corrected chi connectivity index (χ3v) is 7.12. The summed E-state index contributed by atoms with van der Waals surface area (Å²) in [5, 5.41) is 9.89. The van der Waals surface area contributed by atoms with E-state index in [0.29, 0.717) is 0 Å². The van der Waals surface area contributed by atoms with Gasteiger partial charge >= 0.3 is 0 Å². The molecule has 2 nitrogen and oxygen atoms in total. The Kier molecular flexibility index (Phi) is 5.03. The standard InChI is InChI=1S/C17H28O.C2H4O/c18-13-6-9-15-12(10-13)5-8-16-14-3-1-2-11(14)4-7-17(15)16;1-2-3/h11-18H,1-10H2;2H,1H3/t11?,12-,13+,14+,15?,16?,17+;/m1./s1. The molecule has 0 radical (unpaired) electrons. The van der Waals surface area contributed by atoms with Crippen LogP contribution >= 0.6 is 0 Å². The first-order valence-corrected chi connectivity index (χ1v) is 9.32. The molecule has 0 aromatic rings. The minimum atomic E-state index is 0.0330. The second-order valence-electron chi connectivity index (χ2n) is 7.96. The monoisotopic (exact) mass is 292 g/mol. The van der Waals surface area contributed by atoms with E-state index < -0.39 is 0 Å². The fourth-order valence-corrected chi connectivity index (χ4v) is 6.45. The van der Waals surface area contributed by atoms with Gasteiger partial charge in [-0.1, -0.05) is 12.8 Å². The number of aldehydes is 1. The molecular weight excluding hydrogens is 260 g/mol. The highest BCUT2D eigenvalue weighted by Crippen LogP contribution is 2.57. The van der Waals surface area contributed by atoms with Gasteiger partial charge in [-0.2, -0.15) is 0 Å². The molecule has 4 aliphatic carbocycles. The van der Waals surface area contributed by atoms with Crippen molar-refractivity contribution in [3.05, 3.63) is 0 Å².